The summed E-state index contributed by atoms with van der Waals surface area (Å²) in [5, 5.41) is 6.28. The van der Waals surface area contributed by atoms with Crippen molar-refractivity contribution in [1.29, 1.82) is 0 Å². The predicted molar refractivity (Wildman–Crippen MR) is 114 cm³/mol. The molecule has 6 heteroatoms. The maximum atomic E-state index is 12.4. The van der Waals surface area contributed by atoms with Gasteiger partial charge in [0.1, 0.15) is 5.82 Å². The number of hydrogen-bond acceptors (Lipinski definition) is 5. The summed E-state index contributed by atoms with van der Waals surface area (Å²) in [5.41, 5.74) is 3.93. The van der Waals surface area contributed by atoms with E-state index in [1.54, 1.807) is 18.3 Å². The Balaban J connectivity index is 1.66. The Morgan fingerprint density at radius 1 is 1.25 bits per heavy atom. The largest absolute Gasteiger partial charge is 0.376 e. The van der Waals surface area contributed by atoms with Gasteiger partial charge in [0, 0.05) is 49.4 Å². The quantitative estimate of drug-likeness (QED) is 0.725. The van der Waals surface area contributed by atoms with E-state index >= 15 is 0 Å². The highest BCUT2D eigenvalue weighted by Gasteiger charge is 2.17. The topological polar surface area (TPSA) is 66.5 Å². The fourth-order valence-electron chi connectivity index (χ4n) is 3.47. The number of anilines is 3. The Morgan fingerprint density at radius 2 is 2.07 bits per heavy atom. The molecule has 0 aliphatic carbocycles. The molecule has 0 saturated carbocycles. The van der Waals surface area contributed by atoms with E-state index in [1.165, 1.54) is 5.69 Å². The third kappa shape index (κ3) is 5.01. The maximum absolute atomic E-state index is 12.4. The Kier molecular flexibility index (Phi) is 6.87. The highest BCUT2D eigenvalue weighted by Crippen LogP contribution is 2.25. The minimum Gasteiger partial charge on any atom is -0.376 e. The number of ether oxygens (including phenoxy) is 1. The zero-order valence-electron chi connectivity index (χ0n) is 17.0. The summed E-state index contributed by atoms with van der Waals surface area (Å²) in [7, 11) is 0. The number of pyridine rings is 1. The summed E-state index contributed by atoms with van der Waals surface area (Å²) in [6.45, 7) is 9.69. The molecule has 1 aromatic carbocycles. The highest BCUT2D eigenvalue weighted by atomic mass is 16.5. The van der Waals surface area contributed by atoms with E-state index < -0.39 is 0 Å². The molecule has 0 bridgehead atoms. The lowest BCUT2D eigenvalue weighted by Crippen LogP contribution is -2.31. The van der Waals surface area contributed by atoms with Crippen LogP contribution in [0, 0.1) is 6.92 Å². The average Bonchev–Trinajstić information content (AvgIpc) is 3.23. The second-order valence-electron chi connectivity index (χ2n) is 7.07. The van der Waals surface area contributed by atoms with E-state index in [1.807, 2.05) is 0 Å². The van der Waals surface area contributed by atoms with Crippen molar-refractivity contribution in [3.05, 3.63) is 47.7 Å². The second kappa shape index (κ2) is 9.55. The van der Waals surface area contributed by atoms with Gasteiger partial charge in [-0.3, -0.25) is 4.79 Å². The first-order valence-electron chi connectivity index (χ1n) is 10.1. The molecular weight excluding hydrogens is 352 g/mol. The molecule has 1 atom stereocenters. The second-order valence-corrected chi connectivity index (χ2v) is 7.07. The Labute approximate surface area is 167 Å². The van der Waals surface area contributed by atoms with Crippen LogP contribution >= 0.6 is 0 Å². The normalized spacial score (nSPS) is 16.0. The fraction of sp³-hybridized carbons (Fsp3) is 0.455. The number of aryl methyl sites for hydroxylation is 1. The van der Waals surface area contributed by atoms with E-state index in [0.717, 1.165) is 43.8 Å². The number of hydrogen-bond donors (Lipinski definition) is 2. The summed E-state index contributed by atoms with van der Waals surface area (Å²) in [6.07, 6.45) is 3.86. The summed E-state index contributed by atoms with van der Waals surface area (Å²) in [4.78, 5) is 19.1. The van der Waals surface area contributed by atoms with E-state index in [0.29, 0.717) is 17.9 Å². The van der Waals surface area contributed by atoms with Crippen LogP contribution in [0.2, 0.25) is 0 Å². The van der Waals surface area contributed by atoms with Crippen molar-refractivity contribution in [1.82, 2.24) is 10.3 Å². The van der Waals surface area contributed by atoms with Gasteiger partial charge < -0.3 is 20.3 Å². The molecule has 28 heavy (non-hydrogen) atoms. The van der Waals surface area contributed by atoms with Gasteiger partial charge in [-0.05, 0) is 69.5 Å². The van der Waals surface area contributed by atoms with E-state index in [9.17, 15) is 4.79 Å². The molecular formula is C22H30N4O2. The van der Waals surface area contributed by atoms with Crippen molar-refractivity contribution in [2.75, 3.05) is 36.5 Å². The van der Waals surface area contributed by atoms with E-state index in [4.69, 9.17) is 4.74 Å². The van der Waals surface area contributed by atoms with Crippen LogP contribution < -0.4 is 15.5 Å². The smallest absolute Gasteiger partial charge is 0.251 e. The number of benzene rings is 1. The number of nitrogens with one attached hydrogen (secondary N) is 2. The van der Waals surface area contributed by atoms with Gasteiger partial charge in [0.15, 0.2) is 0 Å². The van der Waals surface area contributed by atoms with Gasteiger partial charge in [0.25, 0.3) is 5.91 Å². The third-order valence-corrected chi connectivity index (χ3v) is 5.14. The van der Waals surface area contributed by atoms with Gasteiger partial charge in [0.2, 0.25) is 0 Å². The molecule has 1 aliphatic rings. The summed E-state index contributed by atoms with van der Waals surface area (Å²) in [5.74, 6) is 0.554. The predicted octanol–water partition coefficient (Wildman–Crippen LogP) is 3.89. The van der Waals surface area contributed by atoms with Gasteiger partial charge in [-0.2, -0.15) is 0 Å². The summed E-state index contributed by atoms with van der Waals surface area (Å²) >= 11 is 0. The molecule has 1 aromatic heterocycles. The van der Waals surface area contributed by atoms with Crippen molar-refractivity contribution < 1.29 is 9.53 Å². The molecule has 1 aliphatic heterocycles. The lowest BCUT2D eigenvalue weighted by molar-refractivity contribution is 0.0857. The van der Waals surface area contributed by atoms with Gasteiger partial charge in [-0.1, -0.05) is 0 Å². The minimum atomic E-state index is -0.102. The van der Waals surface area contributed by atoms with Crippen molar-refractivity contribution in [3.63, 3.8) is 0 Å². The molecule has 2 aromatic rings. The zero-order chi connectivity index (χ0) is 19.9. The SMILES string of the molecule is CCN(CC)c1ccc(Nc2cc(C(=O)NCC3CCCO3)ccn2)c(C)c1. The Bertz CT molecular complexity index is 799. The van der Waals surface area contributed by atoms with Gasteiger partial charge >= 0.3 is 0 Å². The van der Waals surface area contributed by atoms with Crippen LogP contribution in [0.5, 0.6) is 0 Å². The van der Waals surface area contributed by atoms with Crippen molar-refractivity contribution in [3.8, 4) is 0 Å². The first-order chi connectivity index (χ1) is 13.6. The van der Waals surface area contributed by atoms with Crippen LogP contribution in [0.1, 0.15) is 42.6 Å². The first kappa shape index (κ1) is 20.1. The number of aromatic nitrogens is 1. The summed E-state index contributed by atoms with van der Waals surface area (Å²) < 4.78 is 5.55. The zero-order valence-corrected chi connectivity index (χ0v) is 17.0. The van der Waals surface area contributed by atoms with Gasteiger partial charge in [0.05, 0.1) is 6.10 Å². The van der Waals surface area contributed by atoms with Crippen LogP contribution in [0.15, 0.2) is 36.5 Å². The molecule has 6 nitrogen and oxygen atoms in total. The third-order valence-electron chi connectivity index (χ3n) is 5.14. The number of rotatable bonds is 8. The minimum absolute atomic E-state index is 0.102. The molecule has 150 valence electrons. The molecule has 1 saturated heterocycles. The number of carbonyl (C=O) groups is 1. The highest BCUT2D eigenvalue weighted by molar-refractivity contribution is 5.95. The molecule has 0 spiro atoms. The maximum Gasteiger partial charge on any atom is 0.251 e. The van der Waals surface area contributed by atoms with Crippen LogP contribution in [-0.4, -0.2) is 43.2 Å². The molecule has 2 heterocycles. The van der Waals surface area contributed by atoms with Crippen LogP contribution in [0.25, 0.3) is 0 Å². The van der Waals surface area contributed by atoms with E-state index in [-0.39, 0.29) is 12.0 Å². The Morgan fingerprint density at radius 3 is 2.75 bits per heavy atom. The van der Waals surface area contributed by atoms with E-state index in [2.05, 4.69) is 59.5 Å². The molecule has 3 rings (SSSR count). The monoisotopic (exact) mass is 382 g/mol. The van der Waals surface area contributed by atoms with Crippen LogP contribution in [0.4, 0.5) is 17.2 Å². The molecule has 1 fully saturated rings. The summed E-state index contributed by atoms with van der Waals surface area (Å²) in [6, 6.07) is 9.86. The number of carbonyl (C=O) groups excluding carboxylic acids is 1. The number of amides is 1. The first-order valence-corrected chi connectivity index (χ1v) is 10.1. The number of nitrogens with zero attached hydrogens (tertiary/aromatic N) is 2. The lowest BCUT2D eigenvalue weighted by atomic mass is 10.1. The van der Waals surface area contributed by atoms with Crippen LogP contribution in [0.3, 0.4) is 0 Å². The van der Waals surface area contributed by atoms with Crippen molar-refractivity contribution in [2.45, 2.75) is 39.7 Å². The standard InChI is InChI=1S/C22H30N4O2/c1-4-26(5-2)18-8-9-20(16(3)13-18)25-21-14-17(10-11-23-21)22(27)24-15-19-7-6-12-28-19/h8-11,13-14,19H,4-7,12,15H2,1-3H3,(H,23,25)(H,24,27). The molecule has 1 amide bonds. The van der Waals surface area contributed by atoms with Crippen molar-refractivity contribution in [2.24, 2.45) is 0 Å². The average molecular weight is 383 g/mol. The van der Waals surface area contributed by atoms with Gasteiger partial charge in [-0.25, -0.2) is 4.98 Å². The fourth-order valence-corrected chi connectivity index (χ4v) is 3.47. The Hall–Kier alpha value is -2.60. The lowest BCUT2D eigenvalue weighted by Gasteiger charge is -2.22. The molecule has 0 radical (unpaired) electrons. The van der Waals surface area contributed by atoms with Gasteiger partial charge in [-0.15, -0.1) is 0 Å². The molecule has 2 N–H and O–H groups in total. The molecule has 1 unspecified atom stereocenters. The van der Waals surface area contributed by atoms with Crippen LogP contribution in [-0.2, 0) is 4.74 Å². The van der Waals surface area contributed by atoms with Crippen molar-refractivity contribution >= 4 is 23.1 Å².